The van der Waals surface area contributed by atoms with Crippen LogP contribution in [-0.2, 0) is 4.79 Å². The Kier molecular flexibility index (Phi) is 5.56. The van der Waals surface area contributed by atoms with Gasteiger partial charge in [0.1, 0.15) is 0 Å². The number of hydrogen-bond acceptors (Lipinski definition) is 3. The summed E-state index contributed by atoms with van der Waals surface area (Å²) in [5, 5.41) is 0. The highest BCUT2D eigenvalue weighted by molar-refractivity contribution is 5.90. The van der Waals surface area contributed by atoms with Crippen LogP contribution in [0.1, 0.15) is 20.3 Å². The van der Waals surface area contributed by atoms with Crippen LogP contribution < -0.4 is 5.73 Å². The first-order valence-corrected chi connectivity index (χ1v) is 4.81. The van der Waals surface area contributed by atoms with E-state index in [4.69, 9.17) is 5.73 Å². The molecule has 0 heterocycles. The molecule has 0 rings (SSSR count). The summed E-state index contributed by atoms with van der Waals surface area (Å²) in [5.74, 6) is -0.157. The number of likely N-dealkylation sites (N-methyl/N-ethyl adjacent to an activating group) is 1. The summed E-state index contributed by atoms with van der Waals surface area (Å²) in [5.41, 5.74) is 6.79. The number of amides is 1. The topological polar surface area (TPSA) is 58.7 Å². The maximum absolute atomic E-state index is 11.6. The highest BCUT2D eigenvalue weighted by Crippen LogP contribution is 2.01. The second-order valence-electron chi connectivity index (χ2n) is 3.40. The molecule has 0 aromatic heterocycles. The Morgan fingerprint density at radius 1 is 1.60 bits per heavy atom. The van der Waals surface area contributed by atoms with Crippen molar-refractivity contribution >= 4 is 12.1 Å². The van der Waals surface area contributed by atoms with Crippen LogP contribution >= 0.6 is 0 Å². The third-order valence-corrected chi connectivity index (χ3v) is 1.95. The highest BCUT2D eigenvalue weighted by Gasteiger charge is 2.16. The van der Waals surface area contributed by atoms with Crippen LogP contribution in [0.4, 0.5) is 0 Å². The Morgan fingerprint density at radius 2 is 2.13 bits per heavy atom. The van der Waals surface area contributed by atoms with E-state index in [0.717, 1.165) is 0 Å². The van der Waals surface area contributed by atoms with E-state index < -0.39 is 6.04 Å². The molecule has 84 valence electrons. The Labute approximate surface area is 91.2 Å². The number of carbonyl (C=O) groups is 1. The summed E-state index contributed by atoms with van der Waals surface area (Å²) in [4.78, 5) is 17.0. The lowest BCUT2D eigenvalue weighted by molar-refractivity contribution is -0.129. The van der Waals surface area contributed by atoms with Gasteiger partial charge in [-0.1, -0.05) is 20.1 Å². The minimum Gasteiger partial charge on any atom is -0.320 e. The first-order chi connectivity index (χ1) is 6.90. The molecule has 4 heteroatoms. The third kappa shape index (κ3) is 4.56. The van der Waals surface area contributed by atoms with Gasteiger partial charge in [0.15, 0.2) is 0 Å². The number of nitrogens with zero attached hydrogens (tertiary/aromatic N) is 2. The summed E-state index contributed by atoms with van der Waals surface area (Å²) in [7, 11) is 1.63. The normalized spacial score (nSPS) is 12.5. The zero-order valence-electron chi connectivity index (χ0n) is 9.66. The Hall–Kier alpha value is -1.42. The molecule has 1 unspecified atom stereocenters. The van der Waals surface area contributed by atoms with E-state index in [9.17, 15) is 4.79 Å². The van der Waals surface area contributed by atoms with Crippen LogP contribution in [0.15, 0.2) is 29.5 Å². The number of rotatable bonds is 5. The standard InChI is InChI=1S/C11H19N3O/c1-6-10(12)11(15)14(5)9(4)7-13-8(2)3/h7,10H,2,4,6,12H2,1,3,5H3. The van der Waals surface area contributed by atoms with Gasteiger partial charge in [-0.25, -0.2) is 0 Å². The Bertz CT molecular complexity index is 294. The van der Waals surface area contributed by atoms with Crippen molar-refractivity contribution in [3.05, 3.63) is 24.6 Å². The van der Waals surface area contributed by atoms with Crippen molar-refractivity contribution < 1.29 is 4.79 Å². The lowest BCUT2D eigenvalue weighted by atomic mass is 10.2. The number of hydrogen-bond donors (Lipinski definition) is 1. The van der Waals surface area contributed by atoms with Gasteiger partial charge in [0.25, 0.3) is 0 Å². The fourth-order valence-electron chi connectivity index (χ4n) is 0.836. The molecule has 0 bridgehead atoms. The molecular formula is C11H19N3O. The number of nitrogens with two attached hydrogens (primary N) is 1. The molecular weight excluding hydrogens is 190 g/mol. The van der Waals surface area contributed by atoms with Crippen molar-refractivity contribution in [2.45, 2.75) is 26.3 Å². The van der Waals surface area contributed by atoms with Gasteiger partial charge in [-0.05, 0) is 13.3 Å². The smallest absolute Gasteiger partial charge is 0.243 e. The van der Waals surface area contributed by atoms with Crippen LogP contribution in [0.3, 0.4) is 0 Å². The zero-order valence-corrected chi connectivity index (χ0v) is 9.66. The van der Waals surface area contributed by atoms with Crippen LogP contribution in [-0.4, -0.2) is 30.1 Å². The van der Waals surface area contributed by atoms with E-state index in [2.05, 4.69) is 18.2 Å². The third-order valence-electron chi connectivity index (χ3n) is 1.95. The molecule has 0 aliphatic carbocycles. The van der Waals surface area contributed by atoms with Crippen molar-refractivity contribution in [2.24, 2.45) is 10.7 Å². The molecule has 1 amide bonds. The van der Waals surface area contributed by atoms with Gasteiger partial charge in [-0.15, -0.1) is 0 Å². The van der Waals surface area contributed by atoms with Gasteiger partial charge >= 0.3 is 0 Å². The van der Waals surface area contributed by atoms with E-state index >= 15 is 0 Å². The van der Waals surface area contributed by atoms with Gasteiger partial charge in [0, 0.05) is 12.7 Å². The minimum atomic E-state index is -0.482. The van der Waals surface area contributed by atoms with Crippen molar-refractivity contribution in [1.29, 1.82) is 0 Å². The number of allylic oxidation sites excluding steroid dienone is 2. The predicted molar refractivity (Wildman–Crippen MR) is 63.5 cm³/mol. The predicted octanol–water partition coefficient (Wildman–Crippen LogP) is 1.30. The molecule has 0 aromatic rings. The van der Waals surface area contributed by atoms with E-state index in [1.165, 1.54) is 11.1 Å². The lowest BCUT2D eigenvalue weighted by Gasteiger charge is -2.20. The summed E-state index contributed by atoms with van der Waals surface area (Å²) in [6.45, 7) is 11.0. The van der Waals surface area contributed by atoms with Gasteiger partial charge < -0.3 is 10.6 Å². The first kappa shape index (κ1) is 13.6. The van der Waals surface area contributed by atoms with E-state index in [-0.39, 0.29) is 5.91 Å². The van der Waals surface area contributed by atoms with Crippen LogP contribution in [0, 0.1) is 0 Å². The molecule has 0 aliphatic heterocycles. The summed E-state index contributed by atoms with van der Waals surface area (Å²) in [6, 6.07) is -0.482. The molecule has 15 heavy (non-hydrogen) atoms. The summed E-state index contributed by atoms with van der Waals surface area (Å²) < 4.78 is 0. The second-order valence-corrected chi connectivity index (χ2v) is 3.40. The fourth-order valence-corrected chi connectivity index (χ4v) is 0.836. The van der Waals surface area contributed by atoms with Gasteiger partial charge in [-0.3, -0.25) is 9.79 Å². The van der Waals surface area contributed by atoms with Gasteiger partial charge in [0.2, 0.25) is 5.91 Å². The minimum absolute atomic E-state index is 0.157. The second kappa shape index (κ2) is 6.14. The number of aliphatic imine (C=N–C) groups is 1. The molecule has 2 N–H and O–H groups in total. The van der Waals surface area contributed by atoms with Crippen molar-refractivity contribution in [3.63, 3.8) is 0 Å². The maximum Gasteiger partial charge on any atom is 0.243 e. The Morgan fingerprint density at radius 3 is 2.53 bits per heavy atom. The van der Waals surface area contributed by atoms with Gasteiger partial charge in [-0.2, -0.15) is 0 Å². The van der Waals surface area contributed by atoms with Crippen LogP contribution in [0.2, 0.25) is 0 Å². The SMILES string of the molecule is C=C(C)N=CC(=C)N(C)C(=O)C(N)CC. The van der Waals surface area contributed by atoms with E-state index in [1.54, 1.807) is 14.0 Å². The molecule has 4 nitrogen and oxygen atoms in total. The van der Waals surface area contributed by atoms with E-state index in [0.29, 0.717) is 17.8 Å². The molecule has 0 saturated carbocycles. The quantitative estimate of drug-likeness (QED) is 0.694. The monoisotopic (exact) mass is 209 g/mol. The molecule has 0 saturated heterocycles. The average Bonchev–Trinajstić information content (AvgIpc) is 2.22. The molecule has 0 aromatic carbocycles. The van der Waals surface area contributed by atoms with Crippen molar-refractivity contribution in [2.75, 3.05) is 7.05 Å². The maximum atomic E-state index is 11.6. The van der Waals surface area contributed by atoms with Crippen LogP contribution in [0.5, 0.6) is 0 Å². The Balaban J connectivity index is 4.45. The van der Waals surface area contributed by atoms with Crippen molar-refractivity contribution in [1.82, 2.24) is 4.90 Å². The molecule has 0 fully saturated rings. The highest BCUT2D eigenvalue weighted by atomic mass is 16.2. The van der Waals surface area contributed by atoms with Gasteiger partial charge in [0.05, 0.1) is 18.0 Å². The molecule has 0 radical (unpaired) electrons. The summed E-state index contributed by atoms with van der Waals surface area (Å²) in [6.07, 6.45) is 2.11. The average molecular weight is 209 g/mol. The van der Waals surface area contributed by atoms with E-state index in [1.807, 2.05) is 6.92 Å². The molecule has 0 spiro atoms. The van der Waals surface area contributed by atoms with Crippen molar-refractivity contribution in [3.8, 4) is 0 Å². The molecule has 0 aliphatic rings. The first-order valence-electron chi connectivity index (χ1n) is 4.81. The number of carbonyl (C=O) groups excluding carboxylic acids is 1. The fraction of sp³-hybridized carbons (Fsp3) is 0.455. The molecule has 1 atom stereocenters. The lowest BCUT2D eigenvalue weighted by Crippen LogP contribution is -2.40. The zero-order chi connectivity index (χ0) is 12.0. The van der Waals surface area contributed by atoms with Crippen LogP contribution in [0.25, 0.3) is 0 Å². The summed E-state index contributed by atoms with van der Waals surface area (Å²) >= 11 is 0. The largest absolute Gasteiger partial charge is 0.320 e.